The van der Waals surface area contributed by atoms with Crippen LogP contribution < -0.4 is 5.32 Å². The summed E-state index contributed by atoms with van der Waals surface area (Å²) in [5.41, 5.74) is 0.983. The van der Waals surface area contributed by atoms with Crippen LogP contribution in [0.5, 0.6) is 0 Å². The lowest BCUT2D eigenvalue weighted by molar-refractivity contribution is -0.148. The van der Waals surface area contributed by atoms with Crippen LogP contribution in [0.4, 0.5) is 0 Å². The van der Waals surface area contributed by atoms with E-state index in [4.69, 9.17) is 0 Å². The number of piperazine rings is 1. The van der Waals surface area contributed by atoms with Crippen LogP contribution in [-0.2, 0) is 16.0 Å². The number of carbonyl (C=O) groups is 2. The van der Waals surface area contributed by atoms with Gasteiger partial charge in [0.15, 0.2) is 0 Å². The highest BCUT2D eigenvalue weighted by Gasteiger charge is 2.35. The van der Waals surface area contributed by atoms with Crippen molar-refractivity contribution in [3.63, 3.8) is 0 Å². The zero-order valence-electron chi connectivity index (χ0n) is 10.8. The summed E-state index contributed by atoms with van der Waals surface area (Å²) in [6.45, 7) is 5.97. The zero-order chi connectivity index (χ0) is 13.3. The number of amides is 2. The van der Waals surface area contributed by atoms with Crippen molar-refractivity contribution in [2.75, 3.05) is 6.54 Å². The first-order valence-electron chi connectivity index (χ1n) is 6.01. The summed E-state index contributed by atoms with van der Waals surface area (Å²) in [6.07, 6.45) is 0.695. The van der Waals surface area contributed by atoms with Crippen molar-refractivity contribution in [1.82, 2.24) is 15.2 Å². The summed E-state index contributed by atoms with van der Waals surface area (Å²) in [7, 11) is 0. The van der Waals surface area contributed by atoms with Gasteiger partial charge in [-0.15, -0.1) is 11.3 Å². The molecule has 1 aliphatic heterocycles. The second-order valence-electron chi connectivity index (χ2n) is 4.55. The predicted molar refractivity (Wildman–Crippen MR) is 69.3 cm³/mol. The molecule has 0 aromatic carbocycles. The number of nitrogens with zero attached hydrogens (tertiary/aromatic N) is 2. The Kier molecular flexibility index (Phi) is 3.65. The van der Waals surface area contributed by atoms with Gasteiger partial charge in [0.1, 0.15) is 12.1 Å². The molecule has 18 heavy (non-hydrogen) atoms. The first kappa shape index (κ1) is 13.0. The van der Waals surface area contributed by atoms with E-state index in [0.717, 1.165) is 10.7 Å². The number of hydrogen-bond donors (Lipinski definition) is 1. The van der Waals surface area contributed by atoms with E-state index >= 15 is 0 Å². The van der Waals surface area contributed by atoms with Crippen molar-refractivity contribution < 1.29 is 9.59 Å². The Morgan fingerprint density at radius 3 is 2.78 bits per heavy atom. The second kappa shape index (κ2) is 5.06. The van der Waals surface area contributed by atoms with E-state index in [2.05, 4.69) is 10.3 Å². The molecule has 2 rings (SSSR count). The summed E-state index contributed by atoms with van der Waals surface area (Å²) in [6, 6.07) is -0.820. The minimum Gasteiger partial charge on any atom is -0.343 e. The Hall–Kier alpha value is -1.43. The maximum Gasteiger partial charge on any atom is 0.245 e. The Morgan fingerprint density at radius 1 is 1.44 bits per heavy atom. The molecular formula is C12H17N3O2S. The van der Waals surface area contributed by atoms with Crippen LogP contribution in [0.15, 0.2) is 5.38 Å². The fraction of sp³-hybridized carbons (Fsp3) is 0.583. The van der Waals surface area contributed by atoms with Crippen molar-refractivity contribution in [2.24, 2.45) is 0 Å². The Labute approximate surface area is 110 Å². The smallest absolute Gasteiger partial charge is 0.245 e. The molecule has 2 heterocycles. The maximum atomic E-state index is 12.0. The molecule has 1 aromatic rings. The molecule has 0 radical (unpaired) electrons. The van der Waals surface area contributed by atoms with Crippen molar-refractivity contribution in [3.05, 3.63) is 16.1 Å². The lowest BCUT2D eigenvalue weighted by Gasteiger charge is -2.36. The highest BCUT2D eigenvalue weighted by atomic mass is 32.1. The lowest BCUT2D eigenvalue weighted by atomic mass is 10.1. The minimum atomic E-state index is -0.425. The van der Waals surface area contributed by atoms with E-state index in [9.17, 15) is 9.59 Å². The first-order valence-corrected chi connectivity index (χ1v) is 6.89. The van der Waals surface area contributed by atoms with Gasteiger partial charge in [0.2, 0.25) is 11.8 Å². The van der Waals surface area contributed by atoms with E-state index in [0.29, 0.717) is 13.0 Å². The van der Waals surface area contributed by atoms with Crippen molar-refractivity contribution in [3.8, 4) is 0 Å². The molecule has 1 saturated heterocycles. The van der Waals surface area contributed by atoms with Gasteiger partial charge in [-0.3, -0.25) is 9.59 Å². The monoisotopic (exact) mass is 267 g/mol. The molecule has 1 N–H and O–H groups in total. The van der Waals surface area contributed by atoms with E-state index in [1.165, 1.54) is 0 Å². The van der Waals surface area contributed by atoms with Crippen LogP contribution >= 0.6 is 11.3 Å². The Balaban J connectivity index is 2.02. The summed E-state index contributed by atoms with van der Waals surface area (Å²) in [4.78, 5) is 29.7. The molecule has 0 bridgehead atoms. The fourth-order valence-electron chi connectivity index (χ4n) is 2.04. The van der Waals surface area contributed by atoms with Gasteiger partial charge in [-0.1, -0.05) is 0 Å². The molecule has 6 heteroatoms. The van der Waals surface area contributed by atoms with Crippen molar-refractivity contribution in [2.45, 2.75) is 39.3 Å². The van der Waals surface area contributed by atoms with E-state index < -0.39 is 12.1 Å². The van der Waals surface area contributed by atoms with Crippen molar-refractivity contribution >= 4 is 23.2 Å². The molecule has 2 unspecified atom stereocenters. The van der Waals surface area contributed by atoms with Crippen LogP contribution in [0.1, 0.15) is 24.5 Å². The van der Waals surface area contributed by atoms with Crippen LogP contribution in [-0.4, -0.2) is 40.3 Å². The largest absolute Gasteiger partial charge is 0.343 e. The average Bonchev–Trinajstić information content (AvgIpc) is 2.73. The van der Waals surface area contributed by atoms with E-state index in [-0.39, 0.29) is 11.8 Å². The Morgan fingerprint density at radius 2 is 2.17 bits per heavy atom. The molecular weight excluding hydrogens is 250 g/mol. The van der Waals surface area contributed by atoms with Gasteiger partial charge in [0, 0.05) is 18.3 Å². The summed E-state index contributed by atoms with van der Waals surface area (Å²) in [5.74, 6) is -0.106. The molecule has 2 atom stereocenters. The zero-order valence-corrected chi connectivity index (χ0v) is 11.6. The lowest BCUT2D eigenvalue weighted by Crippen LogP contribution is -2.61. The SMILES string of the molecule is Cc1nc(CCN2C(=O)C(C)NC(=O)C2C)cs1. The van der Waals surface area contributed by atoms with Gasteiger partial charge < -0.3 is 10.2 Å². The molecule has 5 nitrogen and oxygen atoms in total. The van der Waals surface area contributed by atoms with Crippen molar-refractivity contribution in [1.29, 1.82) is 0 Å². The van der Waals surface area contributed by atoms with Gasteiger partial charge in [-0.2, -0.15) is 0 Å². The van der Waals surface area contributed by atoms with E-state index in [1.54, 1.807) is 30.1 Å². The molecule has 1 aromatic heterocycles. The number of rotatable bonds is 3. The number of hydrogen-bond acceptors (Lipinski definition) is 4. The molecule has 1 aliphatic rings. The van der Waals surface area contributed by atoms with E-state index in [1.807, 2.05) is 12.3 Å². The van der Waals surface area contributed by atoms with Crippen LogP contribution in [0, 0.1) is 6.92 Å². The van der Waals surface area contributed by atoms with Crippen LogP contribution in [0.25, 0.3) is 0 Å². The highest BCUT2D eigenvalue weighted by molar-refractivity contribution is 7.09. The number of thiazole rings is 1. The minimum absolute atomic E-state index is 0.0194. The summed E-state index contributed by atoms with van der Waals surface area (Å²) >= 11 is 1.60. The topological polar surface area (TPSA) is 62.3 Å². The van der Waals surface area contributed by atoms with Gasteiger partial charge in [-0.05, 0) is 20.8 Å². The number of aromatic nitrogens is 1. The molecule has 0 saturated carbocycles. The average molecular weight is 267 g/mol. The first-order chi connectivity index (χ1) is 8.49. The summed E-state index contributed by atoms with van der Waals surface area (Å²) < 4.78 is 0. The normalized spacial score (nSPS) is 24.3. The molecule has 98 valence electrons. The third kappa shape index (κ3) is 2.53. The maximum absolute atomic E-state index is 12.0. The summed E-state index contributed by atoms with van der Waals surface area (Å²) in [5, 5.41) is 5.69. The number of carbonyl (C=O) groups excluding carboxylic acids is 2. The van der Waals surface area contributed by atoms with Gasteiger partial charge in [-0.25, -0.2) is 4.98 Å². The molecule has 2 amide bonds. The van der Waals surface area contributed by atoms with Gasteiger partial charge >= 0.3 is 0 Å². The second-order valence-corrected chi connectivity index (χ2v) is 5.61. The van der Waals surface area contributed by atoms with Crippen LogP contribution in [0.3, 0.4) is 0 Å². The Bertz CT molecular complexity index is 472. The number of nitrogens with one attached hydrogen (secondary N) is 1. The van der Waals surface area contributed by atoms with Crippen LogP contribution in [0.2, 0.25) is 0 Å². The third-order valence-electron chi connectivity index (χ3n) is 3.13. The van der Waals surface area contributed by atoms with Gasteiger partial charge in [0.05, 0.1) is 10.7 Å². The quantitative estimate of drug-likeness (QED) is 0.878. The van der Waals surface area contributed by atoms with Gasteiger partial charge in [0.25, 0.3) is 0 Å². The number of aryl methyl sites for hydroxylation is 1. The highest BCUT2D eigenvalue weighted by Crippen LogP contribution is 2.13. The standard InChI is InChI=1S/C12H17N3O2S/c1-7-12(17)15(8(2)11(16)13-7)5-4-10-6-18-9(3)14-10/h6-8H,4-5H2,1-3H3,(H,13,16). The molecule has 0 aliphatic carbocycles. The molecule has 0 spiro atoms. The predicted octanol–water partition coefficient (Wildman–Crippen LogP) is 0.729. The third-order valence-corrected chi connectivity index (χ3v) is 3.96. The fourth-order valence-corrected chi connectivity index (χ4v) is 2.69. The molecule has 1 fully saturated rings.